The number of likely N-dealkylation sites (tertiary alicyclic amines) is 1. The Kier molecular flexibility index (Phi) is 3.52. The highest BCUT2D eigenvalue weighted by Crippen LogP contribution is 2.54. The van der Waals surface area contributed by atoms with Crippen LogP contribution in [0, 0.1) is 5.41 Å². The molecule has 2 heterocycles. The van der Waals surface area contributed by atoms with Crippen LogP contribution in [0.2, 0.25) is 0 Å². The molecule has 1 saturated heterocycles. The molecule has 1 saturated carbocycles. The standard InChI is InChI=1S/C16H16BrFN2O2S/c17-10-2-3-11-12(6-10)23-19-13(11)14(22)20-7-15(9-21)4-1-5-16(15,18)8-20/h2-3,6,21H,1,4-5,7-9H2/t15-,16-/m1/s1. The van der Waals surface area contributed by atoms with Gasteiger partial charge in [0.2, 0.25) is 0 Å². The van der Waals surface area contributed by atoms with Gasteiger partial charge in [-0.3, -0.25) is 4.79 Å². The van der Waals surface area contributed by atoms with Crippen LogP contribution in [0.4, 0.5) is 4.39 Å². The second kappa shape index (κ2) is 5.22. The number of alkyl halides is 1. The first kappa shape index (κ1) is 15.5. The Labute approximate surface area is 145 Å². The predicted octanol–water partition coefficient (Wildman–Crippen LogP) is 3.39. The molecule has 1 aliphatic heterocycles. The van der Waals surface area contributed by atoms with E-state index < -0.39 is 11.1 Å². The van der Waals surface area contributed by atoms with Crippen LogP contribution in [0.5, 0.6) is 0 Å². The minimum absolute atomic E-state index is 0.0575. The highest BCUT2D eigenvalue weighted by atomic mass is 79.9. The number of carbonyl (C=O) groups excluding carboxylic acids is 1. The summed E-state index contributed by atoms with van der Waals surface area (Å²) in [4.78, 5) is 14.4. The van der Waals surface area contributed by atoms with E-state index in [2.05, 4.69) is 20.3 Å². The van der Waals surface area contributed by atoms with Crippen molar-refractivity contribution in [1.29, 1.82) is 0 Å². The van der Waals surface area contributed by atoms with Crippen molar-refractivity contribution in [3.63, 3.8) is 0 Å². The fourth-order valence-corrected chi connectivity index (χ4v) is 5.34. The van der Waals surface area contributed by atoms with E-state index in [4.69, 9.17) is 0 Å². The zero-order chi connectivity index (χ0) is 16.2. The van der Waals surface area contributed by atoms with Crippen LogP contribution < -0.4 is 0 Å². The van der Waals surface area contributed by atoms with Crippen molar-refractivity contribution in [2.24, 2.45) is 5.41 Å². The predicted molar refractivity (Wildman–Crippen MR) is 90.4 cm³/mol. The van der Waals surface area contributed by atoms with E-state index >= 15 is 4.39 Å². The molecule has 2 aliphatic rings. The number of aliphatic hydroxyl groups excluding tert-OH is 1. The fourth-order valence-electron chi connectivity index (χ4n) is 4.02. The second-order valence-electron chi connectivity index (χ2n) is 6.59. The maximum atomic E-state index is 15.2. The first-order valence-corrected chi connectivity index (χ1v) is 9.19. The molecule has 4 nitrogen and oxygen atoms in total. The first-order valence-electron chi connectivity index (χ1n) is 7.62. The maximum absolute atomic E-state index is 15.2. The van der Waals surface area contributed by atoms with E-state index in [1.807, 2.05) is 18.2 Å². The van der Waals surface area contributed by atoms with Crippen LogP contribution in [0.3, 0.4) is 0 Å². The molecule has 4 rings (SSSR count). The minimum atomic E-state index is -1.47. The Morgan fingerprint density at radius 2 is 2.26 bits per heavy atom. The van der Waals surface area contributed by atoms with Gasteiger partial charge in [-0.2, -0.15) is 4.37 Å². The van der Waals surface area contributed by atoms with Crippen molar-refractivity contribution in [1.82, 2.24) is 9.27 Å². The van der Waals surface area contributed by atoms with Crippen LogP contribution in [0.25, 0.3) is 10.1 Å². The van der Waals surface area contributed by atoms with Crippen molar-refractivity contribution in [2.45, 2.75) is 24.9 Å². The zero-order valence-corrected chi connectivity index (χ0v) is 14.8. The number of hydrogen-bond donors (Lipinski definition) is 1. The number of rotatable bonds is 2. The molecule has 0 radical (unpaired) electrons. The molecule has 0 bridgehead atoms. The summed E-state index contributed by atoms with van der Waals surface area (Å²) in [7, 11) is 0. The van der Waals surface area contributed by atoms with Gasteiger partial charge in [-0.15, -0.1) is 0 Å². The van der Waals surface area contributed by atoms with Gasteiger partial charge >= 0.3 is 0 Å². The van der Waals surface area contributed by atoms with Gasteiger partial charge in [0.15, 0.2) is 0 Å². The summed E-state index contributed by atoms with van der Waals surface area (Å²) in [6, 6.07) is 5.66. The van der Waals surface area contributed by atoms with Crippen LogP contribution in [0.1, 0.15) is 29.8 Å². The van der Waals surface area contributed by atoms with E-state index in [0.717, 1.165) is 21.0 Å². The van der Waals surface area contributed by atoms with Crippen LogP contribution >= 0.6 is 27.5 Å². The third-order valence-electron chi connectivity index (χ3n) is 5.34. The second-order valence-corrected chi connectivity index (χ2v) is 8.31. The molecule has 1 N–H and O–H groups in total. The number of aliphatic hydroxyl groups is 1. The highest BCUT2D eigenvalue weighted by Gasteiger charge is 2.62. The van der Waals surface area contributed by atoms with Crippen molar-refractivity contribution in [2.75, 3.05) is 19.7 Å². The molecule has 23 heavy (non-hydrogen) atoms. The summed E-state index contributed by atoms with van der Waals surface area (Å²) in [5.74, 6) is -0.238. The molecule has 2 atom stereocenters. The topological polar surface area (TPSA) is 53.4 Å². The first-order chi connectivity index (χ1) is 11.0. The summed E-state index contributed by atoms with van der Waals surface area (Å²) in [6.45, 7) is 0.119. The average molecular weight is 399 g/mol. The zero-order valence-electron chi connectivity index (χ0n) is 12.4. The van der Waals surface area contributed by atoms with Gasteiger partial charge in [0.1, 0.15) is 11.4 Å². The molecule has 7 heteroatoms. The third-order valence-corrected chi connectivity index (χ3v) is 6.64. The highest BCUT2D eigenvalue weighted by molar-refractivity contribution is 9.10. The Morgan fingerprint density at radius 3 is 3.00 bits per heavy atom. The Balaban J connectivity index is 1.67. The Morgan fingerprint density at radius 1 is 1.43 bits per heavy atom. The number of halogens is 2. The lowest BCUT2D eigenvalue weighted by atomic mass is 9.79. The SMILES string of the molecule is O=C(c1nsc2cc(Br)ccc12)N1C[C@]2(F)CCC[C@]2(CO)C1. The van der Waals surface area contributed by atoms with Gasteiger partial charge in [-0.1, -0.05) is 15.9 Å². The number of nitrogens with zero attached hydrogens (tertiary/aromatic N) is 2. The number of aromatic nitrogens is 1. The molecular formula is C16H16BrFN2O2S. The molecule has 1 aromatic carbocycles. The molecule has 1 amide bonds. The van der Waals surface area contributed by atoms with Gasteiger partial charge in [0, 0.05) is 21.8 Å². The Bertz CT molecular complexity index is 797. The lowest BCUT2D eigenvalue weighted by molar-refractivity contribution is 0.0202. The average Bonchev–Trinajstić information content (AvgIpc) is 3.14. The summed E-state index contributed by atoms with van der Waals surface area (Å²) in [5, 5.41) is 10.5. The van der Waals surface area contributed by atoms with E-state index in [0.29, 0.717) is 18.5 Å². The summed E-state index contributed by atoms with van der Waals surface area (Å²) >= 11 is 4.68. The van der Waals surface area contributed by atoms with E-state index in [9.17, 15) is 9.90 Å². The van der Waals surface area contributed by atoms with Gasteiger partial charge in [0.05, 0.1) is 17.9 Å². The largest absolute Gasteiger partial charge is 0.396 e. The smallest absolute Gasteiger partial charge is 0.274 e. The normalized spacial score (nSPS) is 30.1. The maximum Gasteiger partial charge on any atom is 0.274 e. The molecule has 122 valence electrons. The quantitative estimate of drug-likeness (QED) is 0.843. The van der Waals surface area contributed by atoms with Crippen LogP contribution in [-0.2, 0) is 0 Å². The number of fused-ring (bicyclic) bond motifs is 2. The number of benzene rings is 1. The van der Waals surface area contributed by atoms with Gasteiger partial charge in [-0.25, -0.2) is 4.39 Å². The number of amides is 1. The van der Waals surface area contributed by atoms with E-state index in [-0.39, 0.29) is 25.6 Å². The lowest BCUT2D eigenvalue weighted by Gasteiger charge is -2.30. The van der Waals surface area contributed by atoms with Crippen LogP contribution in [0.15, 0.2) is 22.7 Å². The van der Waals surface area contributed by atoms with Gasteiger partial charge < -0.3 is 10.0 Å². The summed E-state index contributed by atoms with van der Waals surface area (Å²) in [6.07, 6.45) is 1.82. The van der Waals surface area contributed by atoms with Gasteiger partial charge in [0.25, 0.3) is 5.91 Å². The summed E-state index contributed by atoms with van der Waals surface area (Å²) < 4.78 is 21.3. The van der Waals surface area contributed by atoms with Gasteiger partial charge in [-0.05, 0) is 49.0 Å². The molecule has 0 spiro atoms. The van der Waals surface area contributed by atoms with Crippen molar-refractivity contribution in [3.8, 4) is 0 Å². The summed E-state index contributed by atoms with van der Waals surface area (Å²) in [5.41, 5.74) is -1.88. The van der Waals surface area contributed by atoms with Crippen molar-refractivity contribution in [3.05, 3.63) is 28.4 Å². The van der Waals surface area contributed by atoms with E-state index in [1.54, 1.807) is 0 Å². The molecular weight excluding hydrogens is 383 g/mol. The van der Waals surface area contributed by atoms with E-state index in [1.165, 1.54) is 16.4 Å². The third kappa shape index (κ3) is 2.16. The lowest BCUT2D eigenvalue weighted by Crippen LogP contribution is -2.41. The molecule has 0 unspecified atom stereocenters. The molecule has 1 aliphatic carbocycles. The van der Waals surface area contributed by atoms with Crippen molar-refractivity contribution >= 4 is 43.5 Å². The fraction of sp³-hybridized carbons (Fsp3) is 0.500. The number of carbonyl (C=O) groups is 1. The van der Waals surface area contributed by atoms with Crippen LogP contribution in [-0.4, -0.2) is 45.7 Å². The van der Waals surface area contributed by atoms with Crippen molar-refractivity contribution < 1.29 is 14.3 Å². The molecule has 2 aromatic rings. The number of hydrogen-bond acceptors (Lipinski definition) is 4. The monoisotopic (exact) mass is 398 g/mol. The Hall–Kier alpha value is -1.05. The minimum Gasteiger partial charge on any atom is -0.396 e. The molecule has 1 aromatic heterocycles. The molecule has 2 fully saturated rings.